The second kappa shape index (κ2) is 10.2. The number of halogens is 1. The highest BCUT2D eigenvalue weighted by atomic mass is 35.5. The molecule has 7 heteroatoms. The maximum absolute atomic E-state index is 12.6. The Morgan fingerprint density at radius 2 is 1.86 bits per heavy atom. The Balaban J connectivity index is 1.69. The van der Waals surface area contributed by atoms with Gasteiger partial charge in [0.15, 0.2) is 0 Å². The number of nitrogens with one attached hydrogen (secondary N) is 2. The summed E-state index contributed by atoms with van der Waals surface area (Å²) in [6.45, 7) is 6.74. The second-order valence-corrected chi connectivity index (χ2v) is 7.02. The largest absolute Gasteiger partial charge is 0.379 e. The Hall–Kier alpha value is -2.41. The van der Waals surface area contributed by atoms with Crippen LogP contribution in [-0.2, 0) is 4.74 Å². The molecule has 0 unspecified atom stereocenters. The Kier molecular flexibility index (Phi) is 7.42. The normalized spacial score (nSPS) is 15.3. The molecule has 2 aromatic rings. The molecule has 6 nitrogen and oxygen atoms in total. The molecule has 1 fully saturated rings. The lowest BCUT2D eigenvalue weighted by molar-refractivity contribution is 0.0394. The van der Waals surface area contributed by atoms with Crippen LogP contribution in [-0.4, -0.2) is 56.2 Å². The first-order valence-corrected chi connectivity index (χ1v) is 9.74. The molecule has 1 aliphatic heterocycles. The van der Waals surface area contributed by atoms with Crippen LogP contribution < -0.4 is 10.6 Å². The Labute approximate surface area is 170 Å². The number of ether oxygens (including phenoxy) is 1. The number of hydrogen-bond donors (Lipinski definition) is 2. The summed E-state index contributed by atoms with van der Waals surface area (Å²) in [7, 11) is 0. The van der Waals surface area contributed by atoms with E-state index < -0.39 is 0 Å². The molecule has 0 saturated carbocycles. The maximum Gasteiger partial charge on any atom is 0.257 e. The fraction of sp³-hybridized carbons (Fsp3) is 0.333. The number of para-hydroxylation sites is 1. The quantitative estimate of drug-likeness (QED) is 0.597. The van der Waals surface area contributed by atoms with E-state index >= 15 is 0 Å². The van der Waals surface area contributed by atoms with Crippen LogP contribution in [0.25, 0.3) is 0 Å². The second-order valence-electron chi connectivity index (χ2n) is 6.59. The third kappa shape index (κ3) is 6.05. The van der Waals surface area contributed by atoms with Gasteiger partial charge in [0.25, 0.3) is 5.91 Å². The van der Waals surface area contributed by atoms with E-state index in [0.29, 0.717) is 23.1 Å². The van der Waals surface area contributed by atoms with Crippen LogP contribution in [0, 0.1) is 6.92 Å². The van der Waals surface area contributed by atoms with Crippen LogP contribution in [0.15, 0.2) is 53.5 Å². The van der Waals surface area contributed by atoms with Crippen molar-refractivity contribution < 1.29 is 9.53 Å². The predicted molar refractivity (Wildman–Crippen MR) is 113 cm³/mol. The number of carbonyl (C=O) groups is 1. The van der Waals surface area contributed by atoms with E-state index in [4.69, 9.17) is 16.3 Å². The molecule has 1 heterocycles. The lowest BCUT2D eigenvalue weighted by Crippen LogP contribution is -2.39. The van der Waals surface area contributed by atoms with E-state index in [0.717, 1.165) is 44.1 Å². The standard InChI is InChI=1S/C21H25ClN4O2/c1-16-4-2-3-5-19(16)24-21(23-10-11-26-12-14-28-15-13-26)25-20(27)17-6-8-18(22)9-7-17/h2-9H,10-15H2,1H3,(H2,23,24,25,27). The van der Waals surface area contributed by atoms with Crippen molar-refractivity contribution in [1.82, 2.24) is 10.2 Å². The van der Waals surface area contributed by atoms with E-state index in [1.165, 1.54) is 0 Å². The molecule has 148 valence electrons. The summed E-state index contributed by atoms with van der Waals surface area (Å²) in [4.78, 5) is 19.5. The van der Waals surface area contributed by atoms with Gasteiger partial charge in [-0.25, -0.2) is 0 Å². The van der Waals surface area contributed by atoms with Crippen molar-refractivity contribution in [3.8, 4) is 0 Å². The molecule has 0 aliphatic carbocycles. The van der Waals surface area contributed by atoms with E-state index in [1.807, 2.05) is 31.2 Å². The number of benzene rings is 2. The van der Waals surface area contributed by atoms with E-state index in [1.54, 1.807) is 24.3 Å². The van der Waals surface area contributed by atoms with Gasteiger partial charge in [0.2, 0.25) is 5.96 Å². The van der Waals surface area contributed by atoms with Crippen molar-refractivity contribution in [3.63, 3.8) is 0 Å². The minimum atomic E-state index is -0.233. The molecule has 0 spiro atoms. The van der Waals surface area contributed by atoms with Crippen LogP contribution in [0.1, 0.15) is 15.9 Å². The number of aliphatic imine (C=N–C) groups is 1. The molecule has 0 bridgehead atoms. The number of guanidine groups is 1. The van der Waals surface area contributed by atoms with Gasteiger partial charge in [-0.3, -0.25) is 20.0 Å². The summed E-state index contributed by atoms with van der Waals surface area (Å²) >= 11 is 5.91. The van der Waals surface area contributed by atoms with Crippen molar-refractivity contribution in [1.29, 1.82) is 0 Å². The first kappa shape index (κ1) is 20.3. The third-order valence-corrected chi connectivity index (χ3v) is 4.78. The monoisotopic (exact) mass is 400 g/mol. The topological polar surface area (TPSA) is 66.0 Å². The summed E-state index contributed by atoms with van der Waals surface area (Å²) in [5.74, 6) is 0.199. The molecular formula is C21H25ClN4O2. The highest BCUT2D eigenvalue weighted by Gasteiger charge is 2.12. The average Bonchev–Trinajstić information content (AvgIpc) is 2.71. The molecule has 0 aromatic heterocycles. The molecule has 1 aliphatic rings. The van der Waals surface area contributed by atoms with Gasteiger partial charge < -0.3 is 10.1 Å². The number of nitrogens with zero attached hydrogens (tertiary/aromatic N) is 2. The zero-order valence-corrected chi connectivity index (χ0v) is 16.7. The van der Waals surface area contributed by atoms with Crippen molar-refractivity contribution in [3.05, 3.63) is 64.7 Å². The van der Waals surface area contributed by atoms with Crippen LogP contribution in [0.4, 0.5) is 5.69 Å². The number of carbonyl (C=O) groups excluding carboxylic acids is 1. The first-order valence-electron chi connectivity index (χ1n) is 9.36. The summed E-state index contributed by atoms with van der Waals surface area (Å²) in [5.41, 5.74) is 2.50. The van der Waals surface area contributed by atoms with Gasteiger partial charge in [-0.2, -0.15) is 0 Å². The van der Waals surface area contributed by atoms with Crippen molar-refractivity contribution in [2.75, 3.05) is 44.7 Å². The van der Waals surface area contributed by atoms with Crippen molar-refractivity contribution in [2.45, 2.75) is 6.92 Å². The highest BCUT2D eigenvalue weighted by Crippen LogP contribution is 2.13. The minimum absolute atomic E-state index is 0.233. The maximum atomic E-state index is 12.6. The molecule has 28 heavy (non-hydrogen) atoms. The average molecular weight is 401 g/mol. The van der Waals surface area contributed by atoms with Crippen molar-refractivity contribution in [2.24, 2.45) is 4.99 Å². The van der Waals surface area contributed by atoms with E-state index in [9.17, 15) is 4.79 Å². The van der Waals surface area contributed by atoms with E-state index in [-0.39, 0.29) is 5.91 Å². The fourth-order valence-electron chi connectivity index (χ4n) is 2.86. The molecular weight excluding hydrogens is 376 g/mol. The summed E-state index contributed by atoms with van der Waals surface area (Å²) < 4.78 is 5.37. The van der Waals surface area contributed by atoms with Crippen LogP contribution in [0.2, 0.25) is 5.02 Å². The van der Waals surface area contributed by atoms with Gasteiger partial charge >= 0.3 is 0 Å². The van der Waals surface area contributed by atoms with Gasteiger partial charge in [-0.15, -0.1) is 0 Å². The molecule has 1 saturated heterocycles. The van der Waals surface area contributed by atoms with Gasteiger partial charge in [0.1, 0.15) is 0 Å². The van der Waals surface area contributed by atoms with Crippen LogP contribution in [0.5, 0.6) is 0 Å². The zero-order valence-electron chi connectivity index (χ0n) is 16.0. The van der Waals surface area contributed by atoms with E-state index in [2.05, 4.69) is 20.5 Å². The number of aryl methyl sites for hydroxylation is 1. The number of amides is 1. The number of anilines is 1. The smallest absolute Gasteiger partial charge is 0.257 e. The number of morpholine rings is 1. The number of rotatable bonds is 5. The molecule has 0 atom stereocenters. The van der Waals surface area contributed by atoms with Gasteiger partial charge in [0.05, 0.1) is 19.8 Å². The number of hydrogen-bond acceptors (Lipinski definition) is 4. The molecule has 0 radical (unpaired) electrons. The van der Waals surface area contributed by atoms with Crippen molar-refractivity contribution >= 4 is 29.2 Å². The van der Waals surface area contributed by atoms with Crippen LogP contribution in [0.3, 0.4) is 0 Å². The van der Waals surface area contributed by atoms with Gasteiger partial charge in [-0.05, 0) is 42.8 Å². The first-order chi connectivity index (χ1) is 13.6. The molecule has 2 aromatic carbocycles. The predicted octanol–water partition coefficient (Wildman–Crippen LogP) is 3.18. The Morgan fingerprint density at radius 3 is 2.57 bits per heavy atom. The van der Waals surface area contributed by atoms with Gasteiger partial charge in [-0.1, -0.05) is 29.8 Å². The molecule has 3 rings (SSSR count). The highest BCUT2D eigenvalue weighted by molar-refractivity contribution is 6.30. The van der Waals surface area contributed by atoms with Crippen LogP contribution >= 0.6 is 11.6 Å². The summed E-state index contributed by atoms with van der Waals surface area (Å²) in [5, 5.41) is 6.72. The summed E-state index contributed by atoms with van der Waals surface area (Å²) in [6.07, 6.45) is 0. The minimum Gasteiger partial charge on any atom is -0.379 e. The lowest BCUT2D eigenvalue weighted by atomic mass is 10.2. The van der Waals surface area contributed by atoms with Gasteiger partial charge in [0, 0.05) is 35.9 Å². The Bertz CT molecular complexity index is 817. The Morgan fingerprint density at radius 1 is 1.14 bits per heavy atom. The molecule has 1 amide bonds. The fourth-order valence-corrected chi connectivity index (χ4v) is 2.99. The molecule has 2 N–H and O–H groups in total. The SMILES string of the molecule is Cc1ccccc1NC(=NCCN1CCOCC1)NC(=O)c1ccc(Cl)cc1. The third-order valence-electron chi connectivity index (χ3n) is 4.53. The summed E-state index contributed by atoms with van der Waals surface area (Å²) in [6, 6.07) is 14.7. The zero-order chi connectivity index (χ0) is 19.8. The lowest BCUT2D eigenvalue weighted by Gasteiger charge is -2.25.